The van der Waals surface area contributed by atoms with E-state index in [0.717, 1.165) is 0 Å². The maximum Gasteiger partial charge on any atom is 0.124 e. The molecule has 0 spiro atoms. The fourth-order valence-corrected chi connectivity index (χ4v) is 1.68. The van der Waals surface area contributed by atoms with Gasteiger partial charge in [0, 0.05) is 11.1 Å². The van der Waals surface area contributed by atoms with Crippen molar-refractivity contribution in [1.82, 2.24) is 0 Å². The van der Waals surface area contributed by atoms with Crippen LogP contribution in [0.4, 0.5) is 4.39 Å². The van der Waals surface area contributed by atoms with Crippen LogP contribution in [0, 0.1) is 5.82 Å². The first-order chi connectivity index (χ1) is 7.18. The fourth-order valence-electron chi connectivity index (χ4n) is 1.41. The molecule has 0 aliphatic heterocycles. The first-order valence-electron chi connectivity index (χ1n) is 4.42. The number of hydrogen-bond acceptors (Lipinski definition) is 1. The van der Waals surface area contributed by atoms with Crippen molar-refractivity contribution < 1.29 is 9.50 Å². The molecule has 0 aliphatic carbocycles. The molecule has 2 aromatic carbocycles. The number of phenols is 1. The second-order valence-corrected chi connectivity index (χ2v) is 3.55. The van der Waals surface area contributed by atoms with Gasteiger partial charge in [-0.05, 0) is 24.3 Å². The number of hydrogen-bond donors (Lipinski definition) is 1. The summed E-state index contributed by atoms with van der Waals surface area (Å²) in [6.07, 6.45) is 0. The molecule has 76 valence electrons. The van der Waals surface area contributed by atoms with Crippen LogP contribution in [0.1, 0.15) is 0 Å². The molecule has 0 radical (unpaired) electrons. The van der Waals surface area contributed by atoms with Gasteiger partial charge in [0.25, 0.3) is 0 Å². The smallest absolute Gasteiger partial charge is 0.124 e. The topological polar surface area (TPSA) is 20.2 Å². The van der Waals surface area contributed by atoms with Gasteiger partial charge < -0.3 is 5.11 Å². The summed E-state index contributed by atoms with van der Waals surface area (Å²) in [5.74, 6) is -0.259. The third-order valence-electron chi connectivity index (χ3n) is 2.13. The minimum absolute atomic E-state index is 0.131. The Morgan fingerprint density at radius 3 is 2.40 bits per heavy atom. The first-order valence-corrected chi connectivity index (χ1v) is 4.79. The van der Waals surface area contributed by atoms with E-state index in [2.05, 4.69) is 0 Å². The minimum atomic E-state index is -0.390. The molecule has 0 atom stereocenters. The zero-order valence-corrected chi connectivity index (χ0v) is 8.50. The minimum Gasteiger partial charge on any atom is -0.507 e. The number of halogens is 2. The molecular formula is C12H8ClFO. The van der Waals surface area contributed by atoms with E-state index in [4.69, 9.17) is 11.6 Å². The van der Waals surface area contributed by atoms with E-state index in [1.54, 1.807) is 30.3 Å². The molecule has 0 aromatic heterocycles. The highest BCUT2D eigenvalue weighted by molar-refractivity contribution is 6.33. The Morgan fingerprint density at radius 1 is 1.00 bits per heavy atom. The molecule has 0 bridgehead atoms. The normalized spacial score (nSPS) is 10.3. The lowest BCUT2D eigenvalue weighted by Crippen LogP contribution is -1.82. The molecular weight excluding hydrogens is 215 g/mol. The highest BCUT2D eigenvalue weighted by Gasteiger charge is 2.07. The lowest BCUT2D eigenvalue weighted by molar-refractivity contribution is 0.477. The van der Waals surface area contributed by atoms with Crippen molar-refractivity contribution in [1.29, 1.82) is 0 Å². The summed E-state index contributed by atoms with van der Waals surface area (Å²) >= 11 is 5.88. The van der Waals surface area contributed by atoms with Gasteiger partial charge in [-0.2, -0.15) is 0 Å². The number of aromatic hydroxyl groups is 1. The Hall–Kier alpha value is -1.54. The van der Waals surface area contributed by atoms with Crippen LogP contribution in [0.25, 0.3) is 11.1 Å². The number of para-hydroxylation sites is 1. The SMILES string of the molecule is Oc1ccccc1-c1ccc(F)cc1Cl. The summed E-state index contributed by atoms with van der Waals surface area (Å²) in [7, 11) is 0. The lowest BCUT2D eigenvalue weighted by Gasteiger charge is -2.06. The van der Waals surface area contributed by atoms with Gasteiger partial charge >= 0.3 is 0 Å². The molecule has 0 fully saturated rings. The Bertz CT molecular complexity index is 497. The molecule has 1 nitrogen and oxygen atoms in total. The maximum atomic E-state index is 12.8. The van der Waals surface area contributed by atoms with Gasteiger partial charge in [0.05, 0.1) is 5.02 Å². The maximum absolute atomic E-state index is 12.8. The summed E-state index contributed by atoms with van der Waals surface area (Å²) in [6.45, 7) is 0. The predicted octanol–water partition coefficient (Wildman–Crippen LogP) is 3.85. The van der Waals surface area contributed by atoms with Crippen LogP contribution in [0.15, 0.2) is 42.5 Å². The van der Waals surface area contributed by atoms with Crippen molar-refractivity contribution >= 4 is 11.6 Å². The number of phenolic OH excluding ortho intramolecular Hbond substituents is 1. The largest absolute Gasteiger partial charge is 0.507 e. The molecule has 2 aromatic rings. The predicted molar refractivity (Wildman–Crippen MR) is 58.5 cm³/mol. The van der Waals surface area contributed by atoms with Crippen molar-refractivity contribution in [3.63, 3.8) is 0 Å². The van der Waals surface area contributed by atoms with Crippen LogP contribution in [0.2, 0.25) is 5.02 Å². The molecule has 0 heterocycles. The summed E-state index contributed by atoms with van der Waals surface area (Å²) in [5.41, 5.74) is 1.22. The Morgan fingerprint density at radius 2 is 1.73 bits per heavy atom. The Kier molecular flexibility index (Phi) is 2.60. The number of rotatable bonds is 1. The van der Waals surface area contributed by atoms with Crippen LogP contribution in [0.5, 0.6) is 5.75 Å². The zero-order chi connectivity index (χ0) is 10.8. The van der Waals surface area contributed by atoms with Crippen molar-refractivity contribution in [3.8, 4) is 16.9 Å². The molecule has 0 aliphatic rings. The molecule has 15 heavy (non-hydrogen) atoms. The molecule has 3 heteroatoms. The monoisotopic (exact) mass is 222 g/mol. The van der Waals surface area contributed by atoms with Crippen molar-refractivity contribution in [2.45, 2.75) is 0 Å². The quantitative estimate of drug-likeness (QED) is 0.777. The van der Waals surface area contributed by atoms with Crippen LogP contribution < -0.4 is 0 Å². The molecule has 1 N–H and O–H groups in total. The highest BCUT2D eigenvalue weighted by atomic mass is 35.5. The molecule has 0 saturated heterocycles. The van der Waals surface area contributed by atoms with Crippen molar-refractivity contribution in [3.05, 3.63) is 53.3 Å². The van der Waals surface area contributed by atoms with Gasteiger partial charge in [-0.3, -0.25) is 0 Å². The van der Waals surface area contributed by atoms with Gasteiger partial charge in [0.1, 0.15) is 11.6 Å². The second-order valence-electron chi connectivity index (χ2n) is 3.14. The zero-order valence-electron chi connectivity index (χ0n) is 7.74. The number of benzene rings is 2. The van der Waals surface area contributed by atoms with E-state index in [-0.39, 0.29) is 16.6 Å². The first kappa shape index (κ1) is 9.99. The summed E-state index contributed by atoms with van der Waals surface area (Å²) in [5, 5.41) is 9.89. The summed E-state index contributed by atoms with van der Waals surface area (Å²) in [6, 6.07) is 10.9. The van der Waals surface area contributed by atoms with E-state index < -0.39 is 0 Å². The second kappa shape index (κ2) is 3.91. The fraction of sp³-hybridized carbons (Fsp3) is 0. The summed E-state index contributed by atoms with van der Waals surface area (Å²) in [4.78, 5) is 0. The molecule has 0 saturated carbocycles. The van der Waals surface area contributed by atoms with Crippen LogP contribution >= 0.6 is 11.6 Å². The lowest BCUT2D eigenvalue weighted by atomic mass is 10.0. The average molecular weight is 223 g/mol. The third kappa shape index (κ3) is 1.95. The van der Waals surface area contributed by atoms with Gasteiger partial charge in [-0.25, -0.2) is 4.39 Å². The third-order valence-corrected chi connectivity index (χ3v) is 2.44. The molecule has 2 rings (SSSR count). The van der Waals surface area contributed by atoms with E-state index in [1.807, 2.05) is 0 Å². The van der Waals surface area contributed by atoms with E-state index in [1.165, 1.54) is 12.1 Å². The Labute approximate surface area is 91.8 Å². The van der Waals surface area contributed by atoms with Crippen LogP contribution in [-0.2, 0) is 0 Å². The molecule has 0 unspecified atom stereocenters. The van der Waals surface area contributed by atoms with Gasteiger partial charge in [-0.1, -0.05) is 29.8 Å². The van der Waals surface area contributed by atoms with E-state index >= 15 is 0 Å². The van der Waals surface area contributed by atoms with E-state index in [9.17, 15) is 9.50 Å². The van der Waals surface area contributed by atoms with Gasteiger partial charge in [0.15, 0.2) is 0 Å². The van der Waals surface area contributed by atoms with Crippen LogP contribution in [0.3, 0.4) is 0 Å². The average Bonchev–Trinajstić information content (AvgIpc) is 2.20. The van der Waals surface area contributed by atoms with Crippen LogP contribution in [-0.4, -0.2) is 5.11 Å². The van der Waals surface area contributed by atoms with Gasteiger partial charge in [-0.15, -0.1) is 0 Å². The van der Waals surface area contributed by atoms with Crippen molar-refractivity contribution in [2.75, 3.05) is 0 Å². The molecule has 0 amide bonds. The highest BCUT2D eigenvalue weighted by Crippen LogP contribution is 2.33. The van der Waals surface area contributed by atoms with Crippen molar-refractivity contribution in [2.24, 2.45) is 0 Å². The Balaban J connectivity index is 2.60. The van der Waals surface area contributed by atoms with E-state index in [0.29, 0.717) is 11.1 Å². The van der Waals surface area contributed by atoms with Gasteiger partial charge in [0.2, 0.25) is 0 Å². The standard InChI is InChI=1S/C12H8ClFO/c13-11-7-8(14)5-6-9(11)10-3-1-2-4-12(10)15/h1-7,15H. The summed E-state index contributed by atoms with van der Waals surface area (Å²) < 4.78 is 12.8.